The highest BCUT2D eigenvalue weighted by Gasteiger charge is 2.54. The van der Waals surface area contributed by atoms with Crippen molar-refractivity contribution in [3.8, 4) is 0 Å². The van der Waals surface area contributed by atoms with Crippen LogP contribution in [-0.4, -0.2) is 56.9 Å². The first kappa shape index (κ1) is 24.7. The molecule has 2 aromatic rings. The van der Waals surface area contributed by atoms with E-state index < -0.39 is 17.4 Å². The first-order valence-corrected chi connectivity index (χ1v) is 11.9. The molecule has 2 atom stereocenters. The number of hydrogen-bond donors (Lipinski definition) is 0. The van der Waals surface area contributed by atoms with E-state index in [1.165, 1.54) is 14.2 Å². The number of ether oxygens (including phenoxy) is 3. The van der Waals surface area contributed by atoms with Crippen LogP contribution in [-0.2, 0) is 29.2 Å². The molecule has 0 spiro atoms. The molecule has 35 heavy (non-hydrogen) atoms. The zero-order valence-corrected chi connectivity index (χ0v) is 21.0. The van der Waals surface area contributed by atoms with Crippen LogP contribution in [0.5, 0.6) is 0 Å². The number of morpholine rings is 1. The van der Waals surface area contributed by atoms with Crippen LogP contribution >= 0.6 is 0 Å². The SMILES string of the molecule is COC(=O)C1=C[C@@](c2ccccc2)(C(C)(C)C)[C@H]2COCCN2C(c2ccccc2)=C1C(=O)OC. The maximum atomic E-state index is 13.4. The minimum Gasteiger partial charge on any atom is -0.465 e. The van der Waals surface area contributed by atoms with Crippen molar-refractivity contribution >= 4 is 17.6 Å². The number of rotatable bonds is 4. The second kappa shape index (κ2) is 9.70. The highest BCUT2D eigenvalue weighted by Crippen LogP contribution is 2.52. The van der Waals surface area contributed by atoms with Crippen LogP contribution in [0.15, 0.2) is 77.9 Å². The highest BCUT2D eigenvalue weighted by atomic mass is 16.5. The predicted molar refractivity (Wildman–Crippen MR) is 134 cm³/mol. The van der Waals surface area contributed by atoms with Gasteiger partial charge in [-0.1, -0.05) is 87.5 Å². The lowest BCUT2D eigenvalue weighted by Gasteiger charge is -2.54. The van der Waals surface area contributed by atoms with Gasteiger partial charge in [-0.05, 0) is 16.5 Å². The minimum absolute atomic E-state index is 0.198. The Hall–Kier alpha value is -3.38. The first-order chi connectivity index (χ1) is 16.8. The van der Waals surface area contributed by atoms with Crippen molar-refractivity contribution in [1.29, 1.82) is 0 Å². The van der Waals surface area contributed by atoms with Crippen molar-refractivity contribution in [3.63, 3.8) is 0 Å². The fraction of sp³-hybridized carbons (Fsp3) is 0.379. The molecule has 0 unspecified atom stereocenters. The van der Waals surface area contributed by atoms with E-state index in [1.54, 1.807) is 0 Å². The van der Waals surface area contributed by atoms with Gasteiger partial charge in [0, 0.05) is 12.0 Å². The van der Waals surface area contributed by atoms with Gasteiger partial charge in [-0.2, -0.15) is 0 Å². The lowest BCUT2D eigenvalue weighted by Crippen LogP contribution is -2.60. The van der Waals surface area contributed by atoms with Gasteiger partial charge in [0.2, 0.25) is 0 Å². The van der Waals surface area contributed by atoms with Crippen LogP contribution in [0.3, 0.4) is 0 Å². The summed E-state index contributed by atoms with van der Waals surface area (Å²) in [7, 11) is 2.67. The summed E-state index contributed by atoms with van der Waals surface area (Å²) in [5.74, 6) is -1.16. The van der Waals surface area contributed by atoms with Crippen molar-refractivity contribution in [3.05, 3.63) is 89.0 Å². The summed E-state index contributed by atoms with van der Waals surface area (Å²) < 4.78 is 16.6. The number of benzene rings is 2. The summed E-state index contributed by atoms with van der Waals surface area (Å²) in [6.07, 6.45) is 1.93. The molecule has 4 rings (SSSR count). The third-order valence-electron chi connectivity index (χ3n) is 7.15. The maximum Gasteiger partial charge on any atom is 0.340 e. The van der Waals surface area contributed by atoms with Crippen molar-refractivity contribution in [2.45, 2.75) is 32.2 Å². The van der Waals surface area contributed by atoms with Crippen molar-refractivity contribution in [1.82, 2.24) is 4.90 Å². The minimum atomic E-state index is -0.700. The van der Waals surface area contributed by atoms with Gasteiger partial charge in [-0.15, -0.1) is 0 Å². The molecule has 6 nitrogen and oxygen atoms in total. The monoisotopic (exact) mass is 475 g/mol. The number of hydrogen-bond acceptors (Lipinski definition) is 6. The number of nitrogens with zero attached hydrogens (tertiary/aromatic N) is 1. The molecule has 0 aromatic heterocycles. The molecule has 2 aliphatic rings. The van der Waals surface area contributed by atoms with E-state index in [2.05, 4.69) is 37.8 Å². The highest BCUT2D eigenvalue weighted by molar-refractivity contribution is 6.12. The average molecular weight is 476 g/mol. The van der Waals surface area contributed by atoms with E-state index in [-0.39, 0.29) is 22.6 Å². The van der Waals surface area contributed by atoms with Gasteiger partial charge in [-0.3, -0.25) is 0 Å². The lowest BCUT2D eigenvalue weighted by atomic mass is 9.57. The number of esters is 2. The molecule has 1 saturated heterocycles. The third kappa shape index (κ3) is 4.16. The Morgan fingerprint density at radius 1 is 0.943 bits per heavy atom. The fourth-order valence-electron chi connectivity index (χ4n) is 5.54. The molecular formula is C29H33NO5. The second-order valence-electron chi connectivity index (χ2n) is 9.90. The largest absolute Gasteiger partial charge is 0.465 e. The topological polar surface area (TPSA) is 65.1 Å². The van der Waals surface area contributed by atoms with E-state index in [4.69, 9.17) is 14.2 Å². The molecule has 0 aliphatic carbocycles. The average Bonchev–Trinajstić information content (AvgIpc) is 3.02. The van der Waals surface area contributed by atoms with E-state index in [1.807, 2.05) is 54.6 Å². The lowest BCUT2D eigenvalue weighted by molar-refractivity contribution is -0.139. The standard InChI is InChI=1S/C29H33NO5/c1-28(2,3)29(21-14-10-7-11-15-21)18-22(26(31)33-4)24(27(32)34-5)25(20-12-8-6-9-13-20)30-16-17-35-19-23(29)30/h6-15,18,23H,16-17,19H2,1-5H3/t23-,29+/m1/s1. The molecule has 0 saturated carbocycles. The van der Waals surface area contributed by atoms with Crippen LogP contribution in [0.4, 0.5) is 0 Å². The van der Waals surface area contributed by atoms with Gasteiger partial charge in [0.25, 0.3) is 0 Å². The third-order valence-corrected chi connectivity index (χ3v) is 7.15. The van der Waals surface area contributed by atoms with Crippen molar-refractivity contribution in [2.24, 2.45) is 5.41 Å². The van der Waals surface area contributed by atoms with Crippen LogP contribution in [0.1, 0.15) is 31.9 Å². The van der Waals surface area contributed by atoms with E-state index in [9.17, 15) is 9.59 Å². The fourth-order valence-corrected chi connectivity index (χ4v) is 5.54. The summed E-state index contributed by atoms with van der Waals surface area (Å²) >= 11 is 0. The summed E-state index contributed by atoms with van der Waals surface area (Å²) in [6, 6.07) is 19.6. The maximum absolute atomic E-state index is 13.4. The van der Waals surface area contributed by atoms with Gasteiger partial charge in [-0.25, -0.2) is 9.59 Å². The first-order valence-electron chi connectivity index (χ1n) is 11.9. The number of carbonyl (C=O) groups is 2. The molecule has 2 aliphatic heterocycles. The molecule has 0 amide bonds. The van der Waals surface area contributed by atoms with Gasteiger partial charge >= 0.3 is 11.9 Å². The summed E-state index contributed by atoms with van der Waals surface area (Å²) in [5.41, 5.74) is 1.86. The Labute approximate surface area is 207 Å². The molecule has 2 aromatic carbocycles. The van der Waals surface area contributed by atoms with Gasteiger partial charge in [0.05, 0.1) is 50.3 Å². The predicted octanol–water partition coefficient (Wildman–Crippen LogP) is 4.37. The number of carbonyl (C=O) groups excluding carboxylic acids is 2. The summed E-state index contributed by atoms with van der Waals surface area (Å²) in [4.78, 5) is 29.0. The van der Waals surface area contributed by atoms with Gasteiger partial charge in [0.15, 0.2) is 0 Å². The quantitative estimate of drug-likeness (QED) is 0.612. The van der Waals surface area contributed by atoms with Gasteiger partial charge in [0.1, 0.15) is 0 Å². The molecule has 0 N–H and O–H groups in total. The van der Waals surface area contributed by atoms with E-state index in [0.29, 0.717) is 25.5 Å². The zero-order chi connectivity index (χ0) is 25.2. The Bertz CT molecular complexity index is 1150. The van der Waals surface area contributed by atoms with Crippen molar-refractivity contribution in [2.75, 3.05) is 34.0 Å². The van der Waals surface area contributed by atoms with Crippen LogP contribution < -0.4 is 0 Å². The smallest absolute Gasteiger partial charge is 0.340 e. The molecular weight excluding hydrogens is 442 g/mol. The Morgan fingerprint density at radius 3 is 2.11 bits per heavy atom. The Balaban J connectivity index is 2.17. The van der Waals surface area contributed by atoms with E-state index in [0.717, 1.165) is 11.1 Å². The Kier molecular flexibility index (Phi) is 6.86. The normalized spacial score (nSPS) is 22.6. The molecule has 184 valence electrons. The molecule has 0 radical (unpaired) electrons. The summed E-state index contributed by atoms with van der Waals surface area (Å²) in [5, 5.41) is 0. The van der Waals surface area contributed by atoms with Crippen LogP contribution in [0, 0.1) is 5.41 Å². The Morgan fingerprint density at radius 2 is 1.54 bits per heavy atom. The molecule has 1 fully saturated rings. The van der Waals surface area contributed by atoms with E-state index >= 15 is 0 Å². The molecule has 2 heterocycles. The second-order valence-corrected chi connectivity index (χ2v) is 9.90. The van der Waals surface area contributed by atoms with Crippen LogP contribution in [0.2, 0.25) is 0 Å². The zero-order valence-electron chi connectivity index (χ0n) is 21.0. The number of fused-ring (bicyclic) bond motifs is 1. The number of methoxy groups -OCH3 is 2. The molecule has 0 bridgehead atoms. The van der Waals surface area contributed by atoms with Crippen molar-refractivity contribution < 1.29 is 23.8 Å². The van der Waals surface area contributed by atoms with Gasteiger partial charge < -0.3 is 19.1 Å². The van der Waals surface area contributed by atoms with Crippen LogP contribution in [0.25, 0.3) is 5.70 Å². The molecule has 6 heteroatoms. The summed E-state index contributed by atoms with van der Waals surface area (Å²) in [6.45, 7) is 7.96.